The summed E-state index contributed by atoms with van der Waals surface area (Å²) < 4.78 is 13.3. The Bertz CT molecular complexity index is 493. The Morgan fingerprint density at radius 3 is 2.57 bits per heavy atom. The highest BCUT2D eigenvalue weighted by Crippen LogP contribution is 2.27. The second-order valence-electron chi connectivity index (χ2n) is 6.51. The van der Waals surface area contributed by atoms with Crippen molar-refractivity contribution in [2.45, 2.75) is 51.0 Å². The molecule has 0 unspecified atom stereocenters. The third kappa shape index (κ3) is 3.82. The standard InChI is InChI=1S/C17H24FNO2/c1-17(2,13-4-3-5-14(18)10-13)16(21)19-15-8-6-12(11-20)7-9-15/h3-5,10,12,15,20H,6-9,11H2,1-2H3,(H,19,21). The first-order chi connectivity index (χ1) is 9.93. The van der Waals surface area contributed by atoms with Gasteiger partial charge >= 0.3 is 0 Å². The average molecular weight is 293 g/mol. The van der Waals surface area contributed by atoms with Crippen molar-refractivity contribution in [3.8, 4) is 0 Å². The molecule has 21 heavy (non-hydrogen) atoms. The van der Waals surface area contributed by atoms with E-state index in [2.05, 4.69) is 5.32 Å². The van der Waals surface area contributed by atoms with Gasteiger partial charge in [-0.2, -0.15) is 0 Å². The van der Waals surface area contributed by atoms with Crippen LogP contribution in [0.25, 0.3) is 0 Å². The Balaban J connectivity index is 1.99. The Hall–Kier alpha value is -1.42. The maximum atomic E-state index is 13.3. The summed E-state index contributed by atoms with van der Waals surface area (Å²) in [5.74, 6) is -0.0215. The van der Waals surface area contributed by atoms with E-state index in [9.17, 15) is 9.18 Å². The molecule has 0 aliphatic heterocycles. The predicted octanol–water partition coefficient (Wildman–Crippen LogP) is 2.77. The summed E-state index contributed by atoms with van der Waals surface area (Å²) in [6, 6.07) is 6.38. The monoisotopic (exact) mass is 293 g/mol. The van der Waals surface area contributed by atoms with Gasteiger partial charge in [0.1, 0.15) is 5.82 Å². The molecule has 1 aliphatic rings. The van der Waals surface area contributed by atoms with Crippen LogP contribution in [0.2, 0.25) is 0 Å². The van der Waals surface area contributed by atoms with Crippen LogP contribution in [-0.2, 0) is 10.2 Å². The lowest BCUT2D eigenvalue weighted by Gasteiger charge is -2.32. The van der Waals surface area contributed by atoms with Crippen LogP contribution in [0.1, 0.15) is 45.1 Å². The van der Waals surface area contributed by atoms with E-state index < -0.39 is 5.41 Å². The number of amides is 1. The zero-order valence-corrected chi connectivity index (χ0v) is 12.7. The summed E-state index contributed by atoms with van der Waals surface area (Å²) in [5.41, 5.74) is -0.0697. The number of rotatable bonds is 4. The Kier molecular flexibility index (Phi) is 4.99. The smallest absolute Gasteiger partial charge is 0.230 e. The maximum Gasteiger partial charge on any atom is 0.230 e. The highest BCUT2D eigenvalue weighted by Gasteiger charge is 2.32. The zero-order valence-electron chi connectivity index (χ0n) is 12.7. The van der Waals surface area contributed by atoms with Gasteiger partial charge in [-0.1, -0.05) is 12.1 Å². The second kappa shape index (κ2) is 6.56. The molecular weight excluding hydrogens is 269 g/mol. The van der Waals surface area contributed by atoms with E-state index in [0.717, 1.165) is 25.7 Å². The fraction of sp³-hybridized carbons (Fsp3) is 0.588. The second-order valence-corrected chi connectivity index (χ2v) is 6.51. The molecule has 2 rings (SSSR count). The number of benzene rings is 1. The molecule has 116 valence electrons. The molecule has 3 nitrogen and oxygen atoms in total. The van der Waals surface area contributed by atoms with E-state index in [0.29, 0.717) is 11.5 Å². The molecule has 0 aromatic heterocycles. The van der Waals surface area contributed by atoms with Crippen molar-refractivity contribution in [3.05, 3.63) is 35.6 Å². The molecule has 4 heteroatoms. The van der Waals surface area contributed by atoms with Gasteiger partial charge in [0.2, 0.25) is 5.91 Å². The molecule has 0 spiro atoms. The molecule has 0 bridgehead atoms. The van der Waals surface area contributed by atoms with Crippen LogP contribution >= 0.6 is 0 Å². The lowest BCUT2D eigenvalue weighted by Crippen LogP contribution is -2.46. The van der Waals surface area contributed by atoms with Crippen LogP contribution in [0.4, 0.5) is 4.39 Å². The normalized spacial score (nSPS) is 22.9. The molecule has 0 atom stereocenters. The predicted molar refractivity (Wildman–Crippen MR) is 80.4 cm³/mol. The topological polar surface area (TPSA) is 49.3 Å². The van der Waals surface area contributed by atoms with Crippen LogP contribution in [-0.4, -0.2) is 23.7 Å². The van der Waals surface area contributed by atoms with Gasteiger partial charge < -0.3 is 10.4 Å². The van der Waals surface area contributed by atoms with E-state index in [1.54, 1.807) is 12.1 Å². The van der Waals surface area contributed by atoms with Crippen LogP contribution in [0.15, 0.2) is 24.3 Å². The minimum Gasteiger partial charge on any atom is -0.396 e. The summed E-state index contributed by atoms with van der Waals surface area (Å²) >= 11 is 0. The molecule has 1 fully saturated rings. The molecule has 1 aromatic carbocycles. The summed E-state index contributed by atoms with van der Waals surface area (Å²) in [5, 5.41) is 12.2. The molecule has 0 radical (unpaired) electrons. The minimum absolute atomic E-state index is 0.0689. The molecule has 2 N–H and O–H groups in total. The number of halogens is 1. The number of nitrogens with one attached hydrogen (secondary N) is 1. The average Bonchev–Trinajstić information content (AvgIpc) is 2.48. The van der Waals surface area contributed by atoms with E-state index in [4.69, 9.17) is 5.11 Å². The number of carbonyl (C=O) groups excluding carboxylic acids is 1. The Labute approximate surface area is 125 Å². The molecule has 0 heterocycles. The molecule has 1 amide bonds. The van der Waals surface area contributed by atoms with Gasteiger partial charge in [0.15, 0.2) is 0 Å². The van der Waals surface area contributed by atoms with Crippen molar-refractivity contribution in [1.82, 2.24) is 5.32 Å². The van der Waals surface area contributed by atoms with E-state index in [1.165, 1.54) is 12.1 Å². The van der Waals surface area contributed by atoms with Crippen molar-refractivity contribution in [2.24, 2.45) is 5.92 Å². The third-order valence-electron chi connectivity index (χ3n) is 4.55. The largest absolute Gasteiger partial charge is 0.396 e. The first kappa shape index (κ1) is 16.0. The number of carbonyl (C=O) groups is 1. The highest BCUT2D eigenvalue weighted by molar-refractivity contribution is 5.87. The van der Waals surface area contributed by atoms with Crippen molar-refractivity contribution in [2.75, 3.05) is 6.61 Å². The van der Waals surface area contributed by atoms with Gasteiger partial charge in [-0.05, 0) is 63.1 Å². The van der Waals surface area contributed by atoms with Crippen molar-refractivity contribution < 1.29 is 14.3 Å². The van der Waals surface area contributed by atoms with Crippen molar-refractivity contribution in [1.29, 1.82) is 0 Å². The summed E-state index contributed by atoms with van der Waals surface area (Å²) in [4.78, 5) is 12.5. The number of aliphatic hydroxyl groups is 1. The maximum absolute atomic E-state index is 13.3. The van der Waals surface area contributed by atoms with Gasteiger partial charge in [-0.25, -0.2) is 4.39 Å². The number of aliphatic hydroxyl groups excluding tert-OH is 1. The van der Waals surface area contributed by atoms with Gasteiger partial charge in [-0.15, -0.1) is 0 Å². The van der Waals surface area contributed by atoms with Crippen LogP contribution in [0.5, 0.6) is 0 Å². The fourth-order valence-electron chi connectivity index (χ4n) is 2.86. The summed E-state index contributed by atoms with van der Waals surface area (Å²) in [6.07, 6.45) is 3.69. The van der Waals surface area contributed by atoms with E-state index in [1.807, 2.05) is 13.8 Å². The Morgan fingerprint density at radius 1 is 1.33 bits per heavy atom. The zero-order chi connectivity index (χ0) is 15.5. The van der Waals surface area contributed by atoms with Crippen LogP contribution in [0, 0.1) is 11.7 Å². The van der Waals surface area contributed by atoms with E-state index in [-0.39, 0.29) is 24.4 Å². The fourth-order valence-corrected chi connectivity index (χ4v) is 2.86. The van der Waals surface area contributed by atoms with E-state index >= 15 is 0 Å². The van der Waals surface area contributed by atoms with Gasteiger partial charge in [0.25, 0.3) is 0 Å². The van der Waals surface area contributed by atoms with Gasteiger partial charge in [-0.3, -0.25) is 4.79 Å². The third-order valence-corrected chi connectivity index (χ3v) is 4.55. The van der Waals surface area contributed by atoms with Crippen LogP contribution in [0.3, 0.4) is 0 Å². The SMILES string of the molecule is CC(C)(C(=O)NC1CCC(CO)CC1)c1cccc(F)c1. The van der Waals surface area contributed by atoms with Crippen LogP contribution < -0.4 is 5.32 Å². The molecular formula is C17H24FNO2. The molecule has 1 saturated carbocycles. The van der Waals surface area contributed by atoms with Crippen molar-refractivity contribution in [3.63, 3.8) is 0 Å². The first-order valence-electron chi connectivity index (χ1n) is 7.61. The van der Waals surface area contributed by atoms with Crippen molar-refractivity contribution >= 4 is 5.91 Å². The van der Waals surface area contributed by atoms with Gasteiger partial charge in [0.05, 0.1) is 5.41 Å². The minimum atomic E-state index is -0.754. The Morgan fingerprint density at radius 2 is 2.00 bits per heavy atom. The molecule has 1 aliphatic carbocycles. The lowest BCUT2D eigenvalue weighted by molar-refractivity contribution is -0.126. The molecule has 0 saturated heterocycles. The first-order valence-corrected chi connectivity index (χ1v) is 7.61. The molecule has 1 aromatic rings. The quantitative estimate of drug-likeness (QED) is 0.897. The lowest BCUT2D eigenvalue weighted by atomic mass is 9.82. The number of hydrogen-bond donors (Lipinski definition) is 2. The summed E-state index contributed by atoms with van der Waals surface area (Å²) in [7, 11) is 0. The number of hydrogen-bond acceptors (Lipinski definition) is 2. The summed E-state index contributed by atoms with van der Waals surface area (Å²) in [6.45, 7) is 3.86. The highest BCUT2D eigenvalue weighted by atomic mass is 19.1. The van der Waals surface area contributed by atoms with Gasteiger partial charge in [0, 0.05) is 12.6 Å².